The molecule has 1 unspecified atom stereocenters. The van der Waals surface area contributed by atoms with E-state index in [0.29, 0.717) is 17.2 Å². The summed E-state index contributed by atoms with van der Waals surface area (Å²) < 4.78 is 16.4. The minimum Gasteiger partial charge on any atom is -0.493 e. The van der Waals surface area contributed by atoms with E-state index in [1.807, 2.05) is 48.7 Å². The van der Waals surface area contributed by atoms with Gasteiger partial charge in [0.1, 0.15) is 6.04 Å². The van der Waals surface area contributed by atoms with Gasteiger partial charge >= 0.3 is 0 Å². The molecule has 0 radical (unpaired) electrons. The predicted octanol–water partition coefficient (Wildman–Crippen LogP) is 4.48. The molecule has 4 heteroatoms. The Morgan fingerprint density at radius 2 is 1.52 bits per heavy atom. The van der Waals surface area contributed by atoms with Gasteiger partial charge < -0.3 is 14.2 Å². The molecule has 0 spiro atoms. The predicted molar refractivity (Wildman–Crippen MR) is 101 cm³/mol. The van der Waals surface area contributed by atoms with Crippen LogP contribution in [0.1, 0.15) is 17.2 Å². The molecule has 1 aliphatic rings. The van der Waals surface area contributed by atoms with Gasteiger partial charge in [-0.1, -0.05) is 42.5 Å². The van der Waals surface area contributed by atoms with Crippen LogP contribution in [-0.4, -0.2) is 27.5 Å². The summed E-state index contributed by atoms with van der Waals surface area (Å²) in [5.41, 5.74) is 3.22. The van der Waals surface area contributed by atoms with Crippen LogP contribution in [0.4, 0.5) is 0 Å². The van der Waals surface area contributed by atoms with Crippen molar-refractivity contribution in [3.63, 3.8) is 0 Å². The number of ether oxygens (including phenoxy) is 3. The van der Waals surface area contributed by atoms with Crippen LogP contribution in [0.15, 0.2) is 65.7 Å². The van der Waals surface area contributed by atoms with Gasteiger partial charge in [0.05, 0.1) is 21.3 Å². The van der Waals surface area contributed by atoms with Gasteiger partial charge in [0.15, 0.2) is 11.5 Å². The van der Waals surface area contributed by atoms with E-state index in [1.54, 1.807) is 21.3 Å². The Bertz CT molecular complexity index is 797. The highest BCUT2D eigenvalue weighted by molar-refractivity contribution is 5.81. The quantitative estimate of drug-likeness (QED) is 0.809. The third-order valence-corrected chi connectivity index (χ3v) is 4.11. The van der Waals surface area contributed by atoms with Crippen molar-refractivity contribution in [2.24, 2.45) is 4.99 Å². The normalized spacial score (nSPS) is 16.1. The second-order valence-electron chi connectivity index (χ2n) is 5.53. The number of rotatable bonds is 5. The molecule has 0 aliphatic carbocycles. The summed E-state index contributed by atoms with van der Waals surface area (Å²) in [5.74, 6) is 1.82. The fourth-order valence-electron chi connectivity index (χ4n) is 2.93. The summed E-state index contributed by atoms with van der Waals surface area (Å²) in [5, 5.41) is 0. The zero-order valence-electron chi connectivity index (χ0n) is 14.6. The maximum atomic E-state index is 5.49. The molecular weight excluding hydrogens is 314 g/mol. The summed E-state index contributed by atoms with van der Waals surface area (Å²) in [6, 6.07) is 14.0. The van der Waals surface area contributed by atoms with Crippen LogP contribution in [0.3, 0.4) is 0 Å². The fraction of sp³-hybridized carbons (Fsp3) is 0.190. The third-order valence-electron chi connectivity index (χ3n) is 4.11. The lowest BCUT2D eigenvalue weighted by Gasteiger charge is -2.20. The van der Waals surface area contributed by atoms with Crippen LogP contribution in [0.2, 0.25) is 0 Å². The second kappa shape index (κ2) is 7.71. The molecule has 0 saturated heterocycles. The van der Waals surface area contributed by atoms with Crippen molar-refractivity contribution < 1.29 is 14.2 Å². The average molecular weight is 335 g/mol. The Labute approximate surface area is 148 Å². The fourth-order valence-corrected chi connectivity index (χ4v) is 2.93. The first-order valence-corrected chi connectivity index (χ1v) is 8.03. The molecule has 0 N–H and O–H groups in total. The molecule has 0 aromatic heterocycles. The number of aliphatic imine (C=N–C) groups is 1. The van der Waals surface area contributed by atoms with Crippen LogP contribution in [-0.2, 0) is 0 Å². The molecule has 4 nitrogen and oxygen atoms in total. The van der Waals surface area contributed by atoms with Crippen LogP contribution >= 0.6 is 0 Å². The first kappa shape index (κ1) is 16.8. The molecule has 1 heterocycles. The second-order valence-corrected chi connectivity index (χ2v) is 5.53. The molecule has 2 aromatic rings. The molecule has 0 bridgehead atoms. The first-order valence-electron chi connectivity index (χ1n) is 8.03. The van der Waals surface area contributed by atoms with Gasteiger partial charge in [-0.3, -0.25) is 4.99 Å². The van der Waals surface area contributed by atoms with E-state index < -0.39 is 0 Å². The number of benzene rings is 2. The number of hydrogen-bond donors (Lipinski definition) is 0. The van der Waals surface area contributed by atoms with E-state index in [4.69, 9.17) is 19.2 Å². The first-order chi connectivity index (χ1) is 12.3. The average Bonchev–Trinajstić information content (AvgIpc) is 2.93. The van der Waals surface area contributed by atoms with Crippen LogP contribution in [0.5, 0.6) is 17.2 Å². The summed E-state index contributed by atoms with van der Waals surface area (Å²) >= 11 is 0. The molecule has 3 rings (SSSR count). The number of hydrogen-bond acceptors (Lipinski definition) is 4. The van der Waals surface area contributed by atoms with E-state index in [9.17, 15) is 0 Å². The molecular formula is C21H21NO3. The zero-order chi connectivity index (χ0) is 17.6. The van der Waals surface area contributed by atoms with Crippen LogP contribution in [0.25, 0.3) is 5.57 Å². The van der Waals surface area contributed by atoms with Crippen molar-refractivity contribution in [3.8, 4) is 17.2 Å². The highest BCUT2D eigenvalue weighted by atomic mass is 16.5. The lowest BCUT2D eigenvalue weighted by molar-refractivity contribution is 0.323. The summed E-state index contributed by atoms with van der Waals surface area (Å²) in [6.07, 6.45) is 7.85. The largest absolute Gasteiger partial charge is 0.493 e. The van der Waals surface area contributed by atoms with E-state index in [2.05, 4.69) is 18.2 Å². The number of nitrogens with zero attached hydrogens (tertiary/aromatic N) is 1. The maximum absolute atomic E-state index is 5.49. The van der Waals surface area contributed by atoms with Crippen molar-refractivity contribution >= 4 is 11.8 Å². The summed E-state index contributed by atoms with van der Waals surface area (Å²) in [7, 11) is 4.84. The molecule has 128 valence electrons. The van der Waals surface area contributed by atoms with Crippen molar-refractivity contribution in [2.75, 3.05) is 21.3 Å². The molecule has 1 aliphatic heterocycles. The lowest BCUT2D eigenvalue weighted by Crippen LogP contribution is -2.03. The van der Waals surface area contributed by atoms with Crippen molar-refractivity contribution in [1.82, 2.24) is 0 Å². The highest BCUT2D eigenvalue weighted by Gasteiger charge is 2.22. The van der Waals surface area contributed by atoms with Crippen molar-refractivity contribution in [2.45, 2.75) is 6.04 Å². The Morgan fingerprint density at radius 3 is 2.12 bits per heavy atom. The van der Waals surface area contributed by atoms with E-state index in [-0.39, 0.29) is 6.04 Å². The molecule has 1 atom stereocenters. The van der Waals surface area contributed by atoms with Gasteiger partial charge in [-0.15, -0.1) is 0 Å². The molecule has 2 aromatic carbocycles. The van der Waals surface area contributed by atoms with E-state index >= 15 is 0 Å². The van der Waals surface area contributed by atoms with Gasteiger partial charge in [-0.2, -0.15) is 0 Å². The molecule has 0 amide bonds. The standard InChI is InChI=1S/C21H21NO3/c1-23-18-13-16(14-19(24-2)21(18)25-3)20-17(11-7-8-12-22-20)15-9-5-4-6-10-15/h4-14,20H,1-3H3. The lowest BCUT2D eigenvalue weighted by atomic mass is 9.92. The topological polar surface area (TPSA) is 40.0 Å². The molecule has 0 saturated carbocycles. The van der Waals surface area contributed by atoms with E-state index in [0.717, 1.165) is 16.7 Å². The highest BCUT2D eigenvalue weighted by Crippen LogP contribution is 2.43. The van der Waals surface area contributed by atoms with Gasteiger partial charge in [-0.05, 0) is 34.9 Å². The Hall–Kier alpha value is -3.01. The van der Waals surface area contributed by atoms with Crippen molar-refractivity contribution in [1.29, 1.82) is 0 Å². The SMILES string of the molecule is COc1cc(C2N=CC=CC=C2c2ccccc2)cc(OC)c1OC. The third kappa shape index (κ3) is 3.43. The smallest absolute Gasteiger partial charge is 0.203 e. The Balaban J connectivity index is 2.13. The van der Waals surface area contributed by atoms with Crippen LogP contribution in [0, 0.1) is 0 Å². The maximum Gasteiger partial charge on any atom is 0.203 e. The minimum atomic E-state index is -0.161. The van der Waals surface area contributed by atoms with E-state index in [1.165, 1.54) is 0 Å². The van der Waals surface area contributed by atoms with Crippen molar-refractivity contribution in [3.05, 3.63) is 71.8 Å². The summed E-state index contributed by atoms with van der Waals surface area (Å²) in [4.78, 5) is 4.73. The Morgan fingerprint density at radius 1 is 0.840 bits per heavy atom. The van der Waals surface area contributed by atoms with Gasteiger partial charge in [0.2, 0.25) is 5.75 Å². The molecule has 0 fully saturated rings. The zero-order valence-corrected chi connectivity index (χ0v) is 14.6. The number of methoxy groups -OCH3 is 3. The van der Waals surface area contributed by atoms with Gasteiger partial charge in [0.25, 0.3) is 0 Å². The van der Waals surface area contributed by atoms with Gasteiger partial charge in [0, 0.05) is 6.21 Å². The van der Waals surface area contributed by atoms with Gasteiger partial charge in [-0.25, -0.2) is 0 Å². The molecule has 25 heavy (non-hydrogen) atoms. The Kier molecular flexibility index (Phi) is 5.19. The number of allylic oxidation sites excluding steroid dienone is 3. The monoisotopic (exact) mass is 335 g/mol. The van der Waals surface area contributed by atoms with Crippen LogP contribution < -0.4 is 14.2 Å². The summed E-state index contributed by atoms with van der Waals surface area (Å²) in [6.45, 7) is 0. The minimum absolute atomic E-state index is 0.161.